The number of ether oxygens (including phenoxy) is 1. The Morgan fingerprint density at radius 1 is 1.08 bits per heavy atom. The smallest absolute Gasteiger partial charge is 0.264 e. The summed E-state index contributed by atoms with van der Waals surface area (Å²) in [6.45, 7) is 4.51. The number of nitrogens with two attached hydrogens (primary N) is 1. The van der Waals surface area contributed by atoms with E-state index in [1.165, 1.54) is 24.2 Å². The fourth-order valence-electron chi connectivity index (χ4n) is 5.57. The van der Waals surface area contributed by atoms with Crippen LogP contribution >= 0.6 is 11.3 Å². The summed E-state index contributed by atoms with van der Waals surface area (Å²) >= 11 is 1.53. The van der Waals surface area contributed by atoms with Gasteiger partial charge in [0, 0.05) is 37.8 Å². The molecule has 2 saturated heterocycles. The van der Waals surface area contributed by atoms with Crippen molar-refractivity contribution in [3.05, 3.63) is 28.6 Å². The van der Waals surface area contributed by atoms with Gasteiger partial charge < -0.3 is 31.3 Å². The molecule has 4 heterocycles. The van der Waals surface area contributed by atoms with Crippen LogP contribution in [0.2, 0.25) is 0 Å². The molecule has 3 aromatic rings. The lowest BCUT2D eigenvalue weighted by Crippen LogP contribution is -2.42. The summed E-state index contributed by atoms with van der Waals surface area (Å²) in [4.78, 5) is 28.6. The van der Waals surface area contributed by atoms with Crippen LogP contribution in [0.5, 0.6) is 0 Å². The molecule has 0 spiro atoms. The molecule has 0 bridgehead atoms. The van der Waals surface area contributed by atoms with E-state index in [1.807, 2.05) is 6.07 Å². The Bertz CT molecular complexity index is 1280. The molecule has 10 nitrogen and oxygen atoms in total. The highest BCUT2D eigenvalue weighted by Crippen LogP contribution is 2.36. The predicted octanol–water partition coefficient (Wildman–Crippen LogP) is 2.73. The number of aromatic nitrogens is 3. The molecule has 3 atom stereocenters. The fraction of sp³-hybridized carbons (Fsp3) is 0.577. The van der Waals surface area contributed by atoms with E-state index in [-0.39, 0.29) is 23.7 Å². The second-order valence-electron chi connectivity index (χ2n) is 10.3. The monoisotopic (exact) mass is 524 g/mol. The number of fused-ring (bicyclic) bond motifs is 1. The molecule has 37 heavy (non-hydrogen) atoms. The lowest BCUT2D eigenvalue weighted by molar-refractivity contribution is 0.122. The number of para-hydroxylation sites is 1. The highest BCUT2D eigenvalue weighted by molar-refractivity contribution is 7.21. The molecular formula is C26H36N8O2S. The van der Waals surface area contributed by atoms with Crippen molar-refractivity contribution in [3.8, 4) is 10.6 Å². The van der Waals surface area contributed by atoms with Crippen LogP contribution in [0.4, 0.5) is 17.5 Å². The minimum atomic E-state index is -0.175. The molecule has 2 aliphatic heterocycles. The number of thiazole rings is 1. The van der Waals surface area contributed by atoms with Crippen LogP contribution in [0.3, 0.4) is 0 Å². The standard InChI is InChI=1S/C26H36N8O2S/c27-17-6-1-2-7-18(17)30-19-8-3-9-20-22(19)31-25(37-20)21-23(29-16-5-4-10-28-15-16)32-26(33-24(21)35)34-11-13-36-14-12-34/h3,8-9,16-18,28,30H,1-2,4-7,10-15,27H2,(H2,29,32,33,35)/t16-,17?,18?/m1/s1. The fourth-order valence-corrected chi connectivity index (χ4v) is 6.60. The van der Waals surface area contributed by atoms with Gasteiger partial charge in [-0.1, -0.05) is 18.9 Å². The van der Waals surface area contributed by atoms with Gasteiger partial charge in [0.2, 0.25) is 5.95 Å². The number of nitrogens with one attached hydrogen (secondary N) is 4. The lowest BCUT2D eigenvalue weighted by Gasteiger charge is -2.30. The van der Waals surface area contributed by atoms with Crippen LogP contribution in [-0.2, 0) is 4.74 Å². The number of aromatic amines is 1. The Kier molecular flexibility index (Phi) is 7.27. The topological polar surface area (TPSA) is 133 Å². The van der Waals surface area contributed by atoms with Gasteiger partial charge in [0.15, 0.2) is 0 Å². The van der Waals surface area contributed by atoms with E-state index in [2.05, 4.69) is 38.0 Å². The van der Waals surface area contributed by atoms with Gasteiger partial charge in [0.05, 0.1) is 23.6 Å². The van der Waals surface area contributed by atoms with E-state index >= 15 is 0 Å². The van der Waals surface area contributed by atoms with Crippen molar-refractivity contribution in [2.75, 3.05) is 54.9 Å². The molecule has 198 valence electrons. The summed E-state index contributed by atoms with van der Waals surface area (Å²) < 4.78 is 6.53. The molecule has 11 heteroatoms. The Morgan fingerprint density at radius 3 is 2.76 bits per heavy atom. The molecule has 3 fully saturated rings. The molecule has 1 aliphatic carbocycles. The highest BCUT2D eigenvalue weighted by atomic mass is 32.1. The second-order valence-corrected chi connectivity index (χ2v) is 11.3. The molecule has 3 aliphatic rings. The summed E-state index contributed by atoms with van der Waals surface area (Å²) in [5, 5.41) is 11.4. The van der Waals surface area contributed by atoms with E-state index in [4.69, 9.17) is 20.4 Å². The summed E-state index contributed by atoms with van der Waals surface area (Å²) in [5.41, 5.74) is 8.59. The van der Waals surface area contributed by atoms with Crippen LogP contribution in [0.15, 0.2) is 23.0 Å². The van der Waals surface area contributed by atoms with E-state index < -0.39 is 0 Å². The Labute approximate surface area is 220 Å². The molecule has 6 rings (SSSR count). The number of H-pyrrole nitrogens is 1. The van der Waals surface area contributed by atoms with Gasteiger partial charge >= 0.3 is 0 Å². The third-order valence-electron chi connectivity index (χ3n) is 7.65. The zero-order valence-electron chi connectivity index (χ0n) is 21.1. The summed E-state index contributed by atoms with van der Waals surface area (Å²) in [7, 11) is 0. The van der Waals surface area contributed by atoms with E-state index in [0.717, 1.165) is 54.7 Å². The van der Waals surface area contributed by atoms with Crippen molar-refractivity contribution < 1.29 is 4.74 Å². The average molecular weight is 525 g/mol. The van der Waals surface area contributed by atoms with Crippen LogP contribution in [0, 0.1) is 0 Å². The zero-order chi connectivity index (χ0) is 25.2. The van der Waals surface area contributed by atoms with Crippen LogP contribution in [0.1, 0.15) is 38.5 Å². The first kappa shape index (κ1) is 24.6. The van der Waals surface area contributed by atoms with Crippen LogP contribution in [0.25, 0.3) is 20.8 Å². The normalized spacial score (nSPS) is 24.8. The van der Waals surface area contributed by atoms with Crippen molar-refractivity contribution in [3.63, 3.8) is 0 Å². The van der Waals surface area contributed by atoms with Crippen molar-refractivity contribution in [2.45, 2.75) is 56.7 Å². The second kappa shape index (κ2) is 10.9. The maximum atomic E-state index is 13.6. The minimum Gasteiger partial charge on any atom is -0.379 e. The quantitative estimate of drug-likeness (QED) is 0.330. The molecule has 1 aromatic carbocycles. The molecule has 2 unspecified atom stereocenters. The Balaban J connectivity index is 1.38. The first-order valence-electron chi connectivity index (χ1n) is 13.5. The third-order valence-corrected chi connectivity index (χ3v) is 8.69. The number of rotatable bonds is 6. The molecule has 0 radical (unpaired) electrons. The zero-order valence-corrected chi connectivity index (χ0v) is 21.9. The van der Waals surface area contributed by atoms with Gasteiger partial charge in [-0.3, -0.25) is 9.78 Å². The lowest BCUT2D eigenvalue weighted by atomic mass is 9.91. The number of piperidine rings is 1. The Hall–Kier alpha value is -2.73. The van der Waals surface area contributed by atoms with Crippen molar-refractivity contribution in [2.24, 2.45) is 5.73 Å². The van der Waals surface area contributed by atoms with E-state index in [1.54, 1.807) is 0 Å². The maximum absolute atomic E-state index is 13.6. The van der Waals surface area contributed by atoms with Gasteiger partial charge in [-0.2, -0.15) is 4.98 Å². The molecule has 0 amide bonds. The number of anilines is 3. The largest absolute Gasteiger partial charge is 0.379 e. The van der Waals surface area contributed by atoms with Crippen LogP contribution in [-0.4, -0.2) is 72.5 Å². The van der Waals surface area contributed by atoms with Gasteiger partial charge in [-0.15, -0.1) is 11.3 Å². The number of hydrogen-bond donors (Lipinski definition) is 5. The van der Waals surface area contributed by atoms with E-state index in [0.29, 0.717) is 48.6 Å². The van der Waals surface area contributed by atoms with Gasteiger partial charge in [-0.25, -0.2) is 4.98 Å². The maximum Gasteiger partial charge on any atom is 0.264 e. The van der Waals surface area contributed by atoms with Gasteiger partial charge in [0.1, 0.15) is 21.9 Å². The number of hydrogen-bond acceptors (Lipinski definition) is 10. The summed E-state index contributed by atoms with van der Waals surface area (Å²) in [6, 6.07) is 6.74. The first-order valence-corrected chi connectivity index (χ1v) is 14.3. The highest BCUT2D eigenvalue weighted by Gasteiger charge is 2.26. The summed E-state index contributed by atoms with van der Waals surface area (Å²) in [6.07, 6.45) is 6.59. The predicted molar refractivity (Wildman–Crippen MR) is 150 cm³/mol. The minimum absolute atomic E-state index is 0.141. The van der Waals surface area contributed by atoms with Crippen molar-refractivity contribution >= 4 is 39.0 Å². The summed E-state index contributed by atoms with van der Waals surface area (Å²) in [5.74, 6) is 1.18. The molecule has 2 aromatic heterocycles. The molecule has 6 N–H and O–H groups in total. The van der Waals surface area contributed by atoms with E-state index in [9.17, 15) is 4.79 Å². The van der Waals surface area contributed by atoms with Crippen molar-refractivity contribution in [1.29, 1.82) is 0 Å². The van der Waals surface area contributed by atoms with Crippen molar-refractivity contribution in [1.82, 2.24) is 20.3 Å². The third kappa shape index (κ3) is 5.31. The van der Waals surface area contributed by atoms with Gasteiger partial charge in [0.25, 0.3) is 5.56 Å². The Morgan fingerprint density at radius 2 is 1.95 bits per heavy atom. The first-order chi connectivity index (χ1) is 18.2. The average Bonchev–Trinajstić information content (AvgIpc) is 3.35. The van der Waals surface area contributed by atoms with Crippen LogP contribution < -0.4 is 32.1 Å². The SMILES string of the molecule is NC1CCCCC1Nc1cccc2sc(-c3c(N[C@@H]4CCCNC4)nc(N4CCOCC4)[nH]c3=O)nc12. The molecular weight excluding hydrogens is 488 g/mol. The number of nitrogens with zero attached hydrogens (tertiary/aromatic N) is 3. The molecule has 1 saturated carbocycles. The van der Waals surface area contributed by atoms with Gasteiger partial charge in [-0.05, 0) is 44.4 Å². The number of benzene rings is 1. The number of morpholine rings is 1.